The minimum atomic E-state index is -0.635. The minimum Gasteiger partial charge on any atom is -0.500 e. The molecule has 1 aliphatic carbocycles. The highest BCUT2D eigenvalue weighted by atomic mass is 16.5. The lowest BCUT2D eigenvalue weighted by Gasteiger charge is -2.39. The van der Waals surface area contributed by atoms with Crippen molar-refractivity contribution < 1.29 is 18.9 Å². The van der Waals surface area contributed by atoms with E-state index in [1.54, 1.807) is 12.3 Å². The van der Waals surface area contributed by atoms with E-state index in [0.29, 0.717) is 30.3 Å². The minimum absolute atomic E-state index is 0.0528. The van der Waals surface area contributed by atoms with Crippen LogP contribution >= 0.6 is 0 Å². The van der Waals surface area contributed by atoms with E-state index in [2.05, 4.69) is 21.7 Å². The van der Waals surface area contributed by atoms with Gasteiger partial charge in [-0.15, -0.1) is 0 Å². The first-order valence-electron chi connectivity index (χ1n) is 10.5. The van der Waals surface area contributed by atoms with Crippen molar-refractivity contribution in [2.45, 2.75) is 90.8 Å². The van der Waals surface area contributed by atoms with Gasteiger partial charge in [0.1, 0.15) is 23.1 Å². The molecular weight excluding hydrogens is 380 g/mol. The smallest absolute Gasteiger partial charge is 0.232 e. The second-order valence-corrected chi connectivity index (χ2v) is 9.24. The zero-order valence-electron chi connectivity index (χ0n) is 19.2. The Morgan fingerprint density at radius 2 is 1.87 bits per heavy atom. The molecule has 0 amide bonds. The lowest BCUT2D eigenvalue weighted by molar-refractivity contribution is -0.126. The molecule has 1 aliphatic rings. The lowest BCUT2D eigenvalue weighted by atomic mass is 9.91. The SMILES string of the molecule is [C-]#[N+]c1cc(C#CC(C)(C)OCCOC(C)C)ncc1OC1CC(OC(C)(C)C)C1. The number of aromatic nitrogens is 1. The summed E-state index contributed by atoms with van der Waals surface area (Å²) in [5.41, 5.74) is 0.145. The van der Waals surface area contributed by atoms with Crippen LogP contribution < -0.4 is 4.74 Å². The molecular formula is C24H34N2O4. The van der Waals surface area contributed by atoms with Crippen LogP contribution in [0.15, 0.2) is 12.3 Å². The molecule has 164 valence electrons. The van der Waals surface area contributed by atoms with Crippen LogP contribution in [0.4, 0.5) is 5.69 Å². The fraction of sp³-hybridized carbons (Fsp3) is 0.667. The van der Waals surface area contributed by atoms with Crippen LogP contribution in [0.2, 0.25) is 0 Å². The van der Waals surface area contributed by atoms with Crippen LogP contribution in [-0.2, 0) is 14.2 Å². The summed E-state index contributed by atoms with van der Waals surface area (Å²) in [5.74, 6) is 6.58. The third-order valence-corrected chi connectivity index (χ3v) is 4.32. The molecule has 0 saturated heterocycles. The molecule has 1 aromatic heterocycles. The molecule has 0 bridgehead atoms. The molecule has 0 atom stereocenters. The Morgan fingerprint density at radius 3 is 2.47 bits per heavy atom. The van der Waals surface area contributed by atoms with E-state index in [1.807, 2.05) is 48.5 Å². The van der Waals surface area contributed by atoms with Crippen molar-refractivity contribution in [1.82, 2.24) is 4.98 Å². The third kappa shape index (κ3) is 8.32. The molecule has 1 heterocycles. The van der Waals surface area contributed by atoms with Crippen molar-refractivity contribution in [1.29, 1.82) is 0 Å². The molecule has 1 fully saturated rings. The highest BCUT2D eigenvalue weighted by molar-refractivity contribution is 5.59. The fourth-order valence-electron chi connectivity index (χ4n) is 2.90. The monoisotopic (exact) mass is 414 g/mol. The van der Waals surface area contributed by atoms with Gasteiger partial charge in [-0.1, -0.05) is 5.92 Å². The number of hydrogen-bond acceptors (Lipinski definition) is 5. The molecule has 1 aromatic rings. The highest BCUT2D eigenvalue weighted by Crippen LogP contribution is 2.35. The molecule has 0 N–H and O–H groups in total. The fourth-order valence-corrected chi connectivity index (χ4v) is 2.90. The van der Waals surface area contributed by atoms with Crippen LogP contribution in [0.1, 0.15) is 67.0 Å². The topological polar surface area (TPSA) is 54.2 Å². The Labute approximate surface area is 181 Å². The average molecular weight is 415 g/mol. The summed E-state index contributed by atoms with van der Waals surface area (Å²) < 4.78 is 23.1. The first-order valence-corrected chi connectivity index (χ1v) is 10.5. The van der Waals surface area contributed by atoms with E-state index in [1.165, 1.54) is 0 Å². The Balaban J connectivity index is 1.92. The van der Waals surface area contributed by atoms with E-state index in [0.717, 1.165) is 12.8 Å². The van der Waals surface area contributed by atoms with Crippen LogP contribution in [0, 0.1) is 18.4 Å². The molecule has 2 rings (SSSR count). The van der Waals surface area contributed by atoms with Gasteiger partial charge >= 0.3 is 0 Å². The van der Waals surface area contributed by atoms with Crippen LogP contribution in [0.3, 0.4) is 0 Å². The standard InChI is InChI=1S/C24H34N2O4/c1-17(2)27-11-12-28-24(6,7)10-9-18-13-21(25-8)22(16-26-18)29-19-14-20(15-19)30-23(3,4)5/h13,16-17,19-20H,11-12,14-15H2,1-7H3. The van der Waals surface area contributed by atoms with Gasteiger partial charge < -0.3 is 18.9 Å². The lowest BCUT2D eigenvalue weighted by Crippen LogP contribution is -2.43. The van der Waals surface area contributed by atoms with Crippen molar-refractivity contribution >= 4 is 5.69 Å². The van der Waals surface area contributed by atoms with E-state index >= 15 is 0 Å². The second kappa shape index (κ2) is 10.3. The average Bonchev–Trinajstić information content (AvgIpc) is 2.61. The molecule has 0 radical (unpaired) electrons. The summed E-state index contributed by atoms with van der Waals surface area (Å²) in [6, 6.07) is 1.66. The summed E-state index contributed by atoms with van der Waals surface area (Å²) in [5, 5.41) is 0. The third-order valence-electron chi connectivity index (χ3n) is 4.32. The maximum atomic E-state index is 7.47. The number of ether oxygens (including phenoxy) is 4. The van der Waals surface area contributed by atoms with Gasteiger partial charge in [-0.25, -0.2) is 9.83 Å². The molecule has 0 spiro atoms. The Morgan fingerprint density at radius 1 is 1.17 bits per heavy atom. The van der Waals surface area contributed by atoms with E-state index in [9.17, 15) is 0 Å². The van der Waals surface area contributed by atoms with Gasteiger partial charge in [-0.2, -0.15) is 0 Å². The van der Waals surface area contributed by atoms with Crippen LogP contribution in [0.5, 0.6) is 5.75 Å². The van der Waals surface area contributed by atoms with E-state index in [-0.39, 0.29) is 23.9 Å². The molecule has 0 unspecified atom stereocenters. The molecule has 6 heteroatoms. The van der Waals surface area contributed by atoms with E-state index in [4.69, 9.17) is 25.5 Å². The summed E-state index contributed by atoms with van der Waals surface area (Å²) in [6.07, 6.45) is 3.66. The van der Waals surface area contributed by atoms with Crippen molar-refractivity contribution in [2.24, 2.45) is 0 Å². The van der Waals surface area contributed by atoms with Crippen LogP contribution in [-0.4, -0.2) is 47.7 Å². The summed E-state index contributed by atoms with van der Waals surface area (Å²) in [6.45, 7) is 22.4. The van der Waals surface area contributed by atoms with Gasteiger partial charge in [-0.05, 0) is 60.5 Å². The summed E-state index contributed by atoms with van der Waals surface area (Å²) in [4.78, 5) is 7.93. The number of nitrogens with zero attached hydrogens (tertiary/aromatic N) is 2. The van der Waals surface area contributed by atoms with Gasteiger partial charge in [0, 0.05) is 12.8 Å². The largest absolute Gasteiger partial charge is 0.500 e. The molecule has 0 aromatic carbocycles. The van der Waals surface area contributed by atoms with Gasteiger partial charge in [0.2, 0.25) is 5.69 Å². The summed E-state index contributed by atoms with van der Waals surface area (Å²) >= 11 is 0. The quantitative estimate of drug-likeness (QED) is 0.343. The molecule has 6 nitrogen and oxygen atoms in total. The first-order chi connectivity index (χ1) is 14.0. The van der Waals surface area contributed by atoms with Gasteiger partial charge in [0.05, 0.1) is 43.8 Å². The van der Waals surface area contributed by atoms with Gasteiger partial charge in [0.15, 0.2) is 0 Å². The second-order valence-electron chi connectivity index (χ2n) is 9.24. The Kier molecular flexibility index (Phi) is 8.26. The first kappa shape index (κ1) is 24.2. The zero-order chi connectivity index (χ0) is 22.4. The maximum absolute atomic E-state index is 7.47. The number of rotatable bonds is 8. The van der Waals surface area contributed by atoms with Crippen molar-refractivity contribution in [2.75, 3.05) is 13.2 Å². The highest BCUT2D eigenvalue weighted by Gasteiger charge is 2.34. The normalized spacial score (nSPS) is 18.9. The Hall–Kier alpha value is -2.12. The molecule has 1 saturated carbocycles. The maximum Gasteiger partial charge on any atom is 0.232 e. The van der Waals surface area contributed by atoms with Crippen LogP contribution in [0.25, 0.3) is 4.85 Å². The summed E-state index contributed by atoms with van der Waals surface area (Å²) in [7, 11) is 0. The van der Waals surface area contributed by atoms with E-state index < -0.39 is 5.60 Å². The molecule has 0 aliphatic heterocycles. The zero-order valence-corrected chi connectivity index (χ0v) is 19.2. The number of hydrogen-bond donors (Lipinski definition) is 0. The van der Waals surface area contributed by atoms with Gasteiger partial charge in [0.25, 0.3) is 0 Å². The van der Waals surface area contributed by atoms with Crippen molar-refractivity contribution in [3.8, 4) is 17.6 Å². The van der Waals surface area contributed by atoms with Crippen molar-refractivity contribution in [3.05, 3.63) is 29.4 Å². The molecule has 30 heavy (non-hydrogen) atoms. The Bertz CT molecular complexity index is 803. The number of pyridine rings is 1. The predicted octanol–water partition coefficient (Wildman–Crippen LogP) is 4.93. The van der Waals surface area contributed by atoms with Crippen molar-refractivity contribution in [3.63, 3.8) is 0 Å². The predicted molar refractivity (Wildman–Crippen MR) is 117 cm³/mol. The van der Waals surface area contributed by atoms with Gasteiger partial charge in [-0.3, -0.25) is 0 Å².